The van der Waals surface area contributed by atoms with Crippen LogP contribution >= 0.6 is 24.0 Å². The summed E-state index contributed by atoms with van der Waals surface area (Å²) in [6.45, 7) is 17.0. The number of nitrogens with one attached hydrogen (secondary N) is 2. The molecule has 0 aliphatic carbocycles. The molecule has 0 saturated carbocycles. The molecule has 0 bridgehead atoms. The summed E-state index contributed by atoms with van der Waals surface area (Å²) < 4.78 is 5.28. The van der Waals surface area contributed by atoms with Crippen LogP contribution in [0.15, 0.2) is 21.7 Å². The fourth-order valence-corrected chi connectivity index (χ4v) is 3.00. The third-order valence-corrected chi connectivity index (χ3v) is 4.36. The van der Waals surface area contributed by atoms with Crippen molar-refractivity contribution in [2.75, 3.05) is 32.7 Å². The van der Waals surface area contributed by atoms with Gasteiger partial charge in [-0.1, -0.05) is 31.2 Å². The molecule has 27 heavy (non-hydrogen) atoms. The van der Waals surface area contributed by atoms with E-state index in [1.165, 1.54) is 5.57 Å². The van der Waals surface area contributed by atoms with Crippen LogP contribution in [0, 0.1) is 0 Å². The number of hydrogen-bond donors (Lipinski definition) is 2. The average molecular weight is 490 g/mol. The topological polar surface area (TPSA) is 78.6 Å². The lowest BCUT2D eigenvalue weighted by Gasteiger charge is -2.33. The van der Waals surface area contributed by atoms with Gasteiger partial charge in [0.25, 0.3) is 0 Å². The van der Waals surface area contributed by atoms with Gasteiger partial charge in [0.15, 0.2) is 11.8 Å². The van der Waals surface area contributed by atoms with Crippen LogP contribution in [0.4, 0.5) is 0 Å². The summed E-state index contributed by atoms with van der Waals surface area (Å²) in [7, 11) is 0. The second-order valence-corrected chi connectivity index (χ2v) is 7.36. The van der Waals surface area contributed by atoms with Crippen molar-refractivity contribution in [3.05, 3.63) is 23.9 Å². The number of aliphatic imine (C=N–C) groups is 1. The lowest BCUT2D eigenvalue weighted by atomic mass is 10.0. The van der Waals surface area contributed by atoms with Gasteiger partial charge < -0.3 is 15.2 Å². The van der Waals surface area contributed by atoms with E-state index in [2.05, 4.69) is 64.9 Å². The van der Waals surface area contributed by atoms with Crippen molar-refractivity contribution in [2.24, 2.45) is 4.99 Å². The van der Waals surface area contributed by atoms with Gasteiger partial charge in [-0.05, 0) is 26.7 Å². The summed E-state index contributed by atoms with van der Waals surface area (Å²) in [5.74, 6) is 2.57. The summed E-state index contributed by atoms with van der Waals surface area (Å²) in [6, 6.07) is 0.463. The quantitative estimate of drug-likeness (QED) is 0.253. The molecule has 1 aliphatic heterocycles. The van der Waals surface area contributed by atoms with Crippen LogP contribution in [0.3, 0.4) is 0 Å². The fourth-order valence-electron chi connectivity index (χ4n) is 3.00. The minimum Gasteiger partial charge on any atom is -0.357 e. The molecule has 7 nitrogen and oxygen atoms in total. The fraction of sp³-hybridized carbons (Fsp3) is 0.737. The monoisotopic (exact) mass is 490 g/mol. The Balaban J connectivity index is 0.00000364. The Bertz CT molecular complexity index is 593. The van der Waals surface area contributed by atoms with Crippen molar-refractivity contribution in [3.63, 3.8) is 0 Å². The summed E-state index contributed by atoms with van der Waals surface area (Å²) in [5, 5.41) is 10.9. The van der Waals surface area contributed by atoms with Gasteiger partial charge in [-0.3, -0.25) is 9.89 Å². The SMILES string of the molecule is C=C(C)CN1CCC(NC(=NCCc2nc(C(C)C)no2)NCC)CC1.I. The average Bonchev–Trinajstić information content (AvgIpc) is 3.05. The Morgan fingerprint density at radius 1 is 1.37 bits per heavy atom. The number of hydrogen-bond acceptors (Lipinski definition) is 5. The van der Waals surface area contributed by atoms with E-state index < -0.39 is 0 Å². The van der Waals surface area contributed by atoms with Gasteiger partial charge in [0.1, 0.15) is 0 Å². The maximum Gasteiger partial charge on any atom is 0.228 e. The first kappa shape index (κ1) is 23.9. The first-order valence-electron chi connectivity index (χ1n) is 9.72. The molecule has 0 atom stereocenters. The Morgan fingerprint density at radius 2 is 2.07 bits per heavy atom. The second kappa shape index (κ2) is 12.3. The highest BCUT2D eigenvalue weighted by Crippen LogP contribution is 2.12. The molecule has 0 radical (unpaired) electrons. The Hall–Kier alpha value is -1.16. The van der Waals surface area contributed by atoms with E-state index in [0.29, 0.717) is 24.9 Å². The highest BCUT2D eigenvalue weighted by Gasteiger charge is 2.19. The van der Waals surface area contributed by atoms with E-state index in [0.717, 1.165) is 50.8 Å². The Kier molecular flexibility index (Phi) is 10.9. The highest BCUT2D eigenvalue weighted by molar-refractivity contribution is 14.0. The zero-order chi connectivity index (χ0) is 18.9. The predicted molar refractivity (Wildman–Crippen MR) is 121 cm³/mol. The van der Waals surface area contributed by atoms with Gasteiger partial charge in [-0.2, -0.15) is 4.98 Å². The number of nitrogens with zero attached hydrogens (tertiary/aromatic N) is 4. The van der Waals surface area contributed by atoms with E-state index >= 15 is 0 Å². The number of rotatable bonds is 8. The predicted octanol–water partition coefficient (Wildman–Crippen LogP) is 2.95. The Labute approximate surface area is 180 Å². The van der Waals surface area contributed by atoms with Crippen LogP contribution in [0.5, 0.6) is 0 Å². The number of halogens is 1. The second-order valence-electron chi connectivity index (χ2n) is 7.36. The van der Waals surface area contributed by atoms with Gasteiger partial charge >= 0.3 is 0 Å². The van der Waals surface area contributed by atoms with Gasteiger partial charge in [0.05, 0.1) is 6.54 Å². The molecule has 2 N–H and O–H groups in total. The standard InChI is InChI=1S/C19H34N6O.HI/c1-6-20-19(21-10-7-17-23-18(15(4)5)24-26-17)22-16-8-11-25(12-9-16)13-14(2)3;/h15-16H,2,6-13H2,1,3-5H3,(H2,20,21,22);1H. The normalized spacial score (nSPS) is 16.3. The smallest absolute Gasteiger partial charge is 0.228 e. The molecule has 154 valence electrons. The van der Waals surface area contributed by atoms with Gasteiger partial charge in [-0.15, -0.1) is 24.0 Å². The van der Waals surface area contributed by atoms with Crippen molar-refractivity contribution >= 4 is 29.9 Å². The minimum atomic E-state index is 0. The molecule has 1 fully saturated rings. The first-order chi connectivity index (χ1) is 12.5. The third kappa shape index (κ3) is 8.59. The van der Waals surface area contributed by atoms with Crippen LogP contribution in [-0.4, -0.2) is 59.8 Å². The van der Waals surface area contributed by atoms with Crippen molar-refractivity contribution in [1.29, 1.82) is 0 Å². The summed E-state index contributed by atoms with van der Waals surface area (Å²) in [6.07, 6.45) is 2.91. The molecule has 0 amide bonds. The van der Waals surface area contributed by atoms with E-state index in [4.69, 9.17) is 4.52 Å². The molecule has 2 heterocycles. The van der Waals surface area contributed by atoms with Crippen molar-refractivity contribution in [2.45, 2.75) is 58.9 Å². The third-order valence-electron chi connectivity index (χ3n) is 4.36. The molecule has 1 aromatic rings. The molecule has 2 rings (SSSR count). The zero-order valence-corrected chi connectivity index (χ0v) is 19.5. The lowest BCUT2D eigenvalue weighted by molar-refractivity contribution is 0.221. The molecular weight excluding hydrogens is 455 g/mol. The maximum atomic E-state index is 5.28. The van der Waals surface area contributed by atoms with Gasteiger partial charge in [0, 0.05) is 44.6 Å². The van der Waals surface area contributed by atoms with E-state index in [-0.39, 0.29) is 29.9 Å². The minimum absolute atomic E-state index is 0. The van der Waals surface area contributed by atoms with E-state index in [1.54, 1.807) is 0 Å². The van der Waals surface area contributed by atoms with Crippen LogP contribution in [-0.2, 0) is 6.42 Å². The molecule has 0 unspecified atom stereocenters. The van der Waals surface area contributed by atoms with Crippen molar-refractivity contribution in [3.8, 4) is 0 Å². The van der Waals surface area contributed by atoms with Crippen molar-refractivity contribution < 1.29 is 4.52 Å². The highest BCUT2D eigenvalue weighted by atomic mass is 127. The summed E-state index contributed by atoms with van der Waals surface area (Å²) >= 11 is 0. The number of likely N-dealkylation sites (tertiary alicyclic amines) is 1. The van der Waals surface area contributed by atoms with Gasteiger partial charge in [-0.25, -0.2) is 0 Å². The van der Waals surface area contributed by atoms with Crippen LogP contribution in [0.1, 0.15) is 58.2 Å². The number of aromatic nitrogens is 2. The molecule has 8 heteroatoms. The maximum absolute atomic E-state index is 5.28. The Morgan fingerprint density at radius 3 is 2.63 bits per heavy atom. The molecule has 1 aliphatic rings. The van der Waals surface area contributed by atoms with E-state index in [9.17, 15) is 0 Å². The summed E-state index contributed by atoms with van der Waals surface area (Å²) in [4.78, 5) is 11.5. The zero-order valence-electron chi connectivity index (χ0n) is 17.1. The van der Waals surface area contributed by atoms with Crippen LogP contribution in [0.2, 0.25) is 0 Å². The lowest BCUT2D eigenvalue weighted by Crippen LogP contribution is -2.49. The molecule has 1 aromatic heterocycles. The molecule has 0 aromatic carbocycles. The number of guanidine groups is 1. The molecular formula is C19H35IN6O. The molecule has 1 saturated heterocycles. The van der Waals surface area contributed by atoms with Gasteiger partial charge in [0.2, 0.25) is 5.89 Å². The first-order valence-corrected chi connectivity index (χ1v) is 9.72. The summed E-state index contributed by atoms with van der Waals surface area (Å²) in [5.41, 5.74) is 1.23. The van der Waals surface area contributed by atoms with Crippen molar-refractivity contribution in [1.82, 2.24) is 25.7 Å². The molecule has 0 spiro atoms. The number of piperidine rings is 1. The van der Waals surface area contributed by atoms with Crippen LogP contribution in [0.25, 0.3) is 0 Å². The van der Waals surface area contributed by atoms with Crippen LogP contribution < -0.4 is 10.6 Å². The largest absolute Gasteiger partial charge is 0.357 e. The van der Waals surface area contributed by atoms with E-state index in [1.807, 2.05) is 0 Å².